The summed E-state index contributed by atoms with van der Waals surface area (Å²) in [4.78, 5) is 32.2. The topological polar surface area (TPSA) is 86.3 Å². The zero-order valence-electron chi connectivity index (χ0n) is 19.3. The van der Waals surface area contributed by atoms with E-state index < -0.39 is 10.7 Å². The molecule has 0 spiro atoms. The van der Waals surface area contributed by atoms with Gasteiger partial charge in [-0.3, -0.25) is 4.79 Å². The highest BCUT2D eigenvalue weighted by atomic mass is 35.5. The normalized spacial score (nSPS) is 19.4. The number of amides is 3. The molecule has 0 aromatic heterocycles. The fraction of sp³-hybridized carbons (Fsp3) is 0.375. The third-order valence-corrected chi connectivity index (χ3v) is 6.65. The van der Waals surface area contributed by atoms with Gasteiger partial charge in [-0.15, -0.1) is 0 Å². The van der Waals surface area contributed by atoms with Gasteiger partial charge < -0.3 is 25.3 Å². The molecular weight excluding hydrogens is 513 g/mol. The lowest BCUT2D eigenvalue weighted by atomic mass is 9.98. The van der Waals surface area contributed by atoms with Crippen LogP contribution in [-0.2, 0) is 9.63 Å². The molecule has 4 rings (SSSR count). The quantitative estimate of drug-likeness (QED) is 0.518. The van der Waals surface area contributed by atoms with Crippen molar-refractivity contribution < 1.29 is 14.4 Å². The Morgan fingerprint density at radius 2 is 1.97 bits per heavy atom. The molecule has 0 bridgehead atoms. The van der Waals surface area contributed by atoms with Gasteiger partial charge in [-0.05, 0) is 36.2 Å². The number of anilines is 2. The minimum absolute atomic E-state index is 0.0461. The van der Waals surface area contributed by atoms with Crippen LogP contribution >= 0.6 is 34.8 Å². The van der Waals surface area contributed by atoms with Crippen LogP contribution < -0.4 is 15.5 Å². The fourth-order valence-corrected chi connectivity index (χ4v) is 4.57. The highest BCUT2D eigenvalue weighted by Gasteiger charge is 2.31. The number of carbonyl (C=O) groups is 2. The maximum Gasteiger partial charge on any atom is 0.317 e. The van der Waals surface area contributed by atoms with Gasteiger partial charge in [0, 0.05) is 56.6 Å². The van der Waals surface area contributed by atoms with Crippen LogP contribution in [0, 0.1) is 0 Å². The van der Waals surface area contributed by atoms with E-state index in [-0.39, 0.29) is 18.2 Å². The van der Waals surface area contributed by atoms with Crippen molar-refractivity contribution in [3.8, 4) is 0 Å². The maximum atomic E-state index is 12.1. The number of rotatable bonds is 6. The number of nitrogens with zero attached hydrogens (tertiary/aromatic N) is 3. The van der Waals surface area contributed by atoms with Crippen molar-refractivity contribution in [1.29, 1.82) is 0 Å². The number of urea groups is 1. The van der Waals surface area contributed by atoms with Crippen LogP contribution in [-0.4, -0.2) is 60.6 Å². The molecule has 2 atom stereocenters. The lowest BCUT2D eigenvalue weighted by molar-refractivity contribution is -0.114. The summed E-state index contributed by atoms with van der Waals surface area (Å²) in [7, 11) is 3.45. The van der Waals surface area contributed by atoms with E-state index in [1.165, 1.54) is 4.90 Å². The molecule has 1 unspecified atom stereocenters. The number of nitrogens with one attached hydrogen (secondary N) is 2. The molecule has 2 aliphatic rings. The van der Waals surface area contributed by atoms with Gasteiger partial charge in [-0.2, -0.15) is 0 Å². The molecule has 2 aromatic rings. The number of hydrogen-bond donors (Lipinski definition) is 2. The molecule has 0 saturated carbocycles. The van der Waals surface area contributed by atoms with Crippen molar-refractivity contribution in [3.05, 3.63) is 58.6 Å². The molecule has 186 valence electrons. The van der Waals surface area contributed by atoms with Crippen LogP contribution in [0.25, 0.3) is 0 Å². The second-order valence-electron chi connectivity index (χ2n) is 8.66. The molecule has 2 N–H and O–H groups in total. The highest BCUT2D eigenvalue weighted by Crippen LogP contribution is 2.37. The molecule has 2 heterocycles. The first-order chi connectivity index (χ1) is 16.7. The van der Waals surface area contributed by atoms with Gasteiger partial charge in [0.05, 0.1) is 10.7 Å². The van der Waals surface area contributed by atoms with Gasteiger partial charge in [0.1, 0.15) is 0 Å². The third kappa shape index (κ3) is 5.94. The summed E-state index contributed by atoms with van der Waals surface area (Å²) in [6.07, 6.45) is 1.01. The van der Waals surface area contributed by atoms with Crippen molar-refractivity contribution in [1.82, 2.24) is 10.2 Å². The van der Waals surface area contributed by atoms with E-state index in [1.54, 1.807) is 20.2 Å². The summed E-state index contributed by atoms with van der Waals surface area (Å²) in [5.41, 5.74) is 3.94. The summed E-state index contributed by atoms with van der Waals surface area (Å²) in [6.45, 7) is 1.46. The Kier molecular flexibility index (Phi) is 7.94. The molecular formula is C24H26Cl3N5O3. The average Bonchev–Trinajstić information content (AvgIpc) is 3.49. The summed E-state index contributed by atoms with van der Waals surface area (Å²) < 4.78 is 0. The molecule has 8 nitrogen and oxygen atoms in total. The van der Waals surface area contributed by atoms with Gasteiger partial charge in [-0.25, -0.2) is 4.79 Å². The first-order valence-corrected chi connectivity index (χ1v) is 12.4. The van der Waals surface area contributed by atoms with Gasteiger partial charge in [-0.1, -0.05) is 58.2 Å². The lowest BCUT2D eigenvalue weighted by Crippen LogP contribution is -2.42. The monoisotopic (exact) mass is 537 g/mol. The zero-order valence-corrected chi connectivity index (χ0v) is 21.6. The molecule has 3 amide bonds. The van der Waals surface area contributed by atoms with E-state index in [0.717, 1.165) is 35.5 Å². The average molecular weight is 539 g/mol. The fourth-order valence-electron chi connectivity index (χ4n) is 4.18. The van der Waals surface area contributed by atoms with Gasteiger partial charge >= 0.3 is 6.03 Å². The molecule has 1 fully saturated rings. The molecule has 1 saturated heterocycles. The van der Waals surface area contributed by atoms with E-state index >= 15 is 0 Å². The zero-order chi connectivity index (χ0) is 25.1. The van der Waals surface area contributed by atoms with Crippen molar-refractivity contribution in [2.75, 3.05) is 37.4 Å². The first kappa shape index (κ1) is 25.4. The van der Waals surface area contributed by atoms with E-state index in [0.29, 0.717) is 23.7 Å². The van der Waals surface area contributed by atoms with Crippen LogP contribution in [0.2, 0.25) is 5.02 Å². The number of oxime groups is 1. The standard InChI is InChI=1S/C24H26Cl3N5O3/c1-31(2)24(34)29-16-9-10-32(13-16)19-8-4-7-17(25)21(19)18-12-20(35-30-18)14-5-3-6-15(11-14)28-23(33)22(26)27/h3-8,11,16,20,22H,9-10,12-13H2,1-2H3,(H,28,33)(H,29,34)/t16-,20?/m0/s1. The van der Waals surface area contributed by atoms with Crippen LogP contribution in [0.3, 0.4) is 0 Å². The van der Waals surface area contributed by atoms with Gasteiger partial charge in [0.25, 0.3) is 5.91 Å². The third-order valence-electron chi connectivity index (χ3n) is 5.94. The number of alkyl halides is 2. The largest absolute Gasteiger partial charge is 0.387 e. The Labute approximate surface area is 219 Å². The molecule has 11 heteroatoms. The van der Waals surface area contributed by atoms with Crippen molar-refractivity contribution in [2.24, 2.45) is 5.16 Å². The second kappa shape index (κ2) is 10.9. The Bertz CT molecular complexity index is 1140. The lowest BCUT2D eigenvalue weighted by Gasteiger charge is -2.23. The van der Waals surface area contributed by atoms with E-state index in [9.17, 15) is 9.59 Å². The van der Waals surface area contributed by atoms with Crippen molar-refractivity contribution >= 4 is 63.8 Å². The van der Waals surface area contributed by atoms with Crippen LogP contribution in [0.15, 0.2) is 47.6 Å². The molecule has 2 aliphatic heterocycles. The molecule has 35 heavy (non-hydrogen) atoms. The van der Waals surface area contributed by atoms with E-state index in [4.69, 9.17) is 39.6 Å². The smallest absolute Gasteiger partial charge is 0.317 e. The van der Waals surface area contributed by atoms with E-state index in [2.05, 4.69) is 20.7 Å². The molecule has 0 radical (unpaired) electrons. The predicted octanol–water partition coefficient (Wildman–Crippen LogP) is 4.80. The Hall–Kier alpha value is -2.68. The number of benzene rings is 2. The molecule has 2 aromatic carbocycles. The predicted molar refractivity (Wildman–Crippen MR) is 140 cm³/mol. The van der Waals surface area contributed by atoms with Crippen molar-refractivity contribution in [3.63, 3.8) is 0 Å². The summed E-state index contributed by atoms with van der Waals surface area (Å²) >= 11 is 17.9. The summed E-state index contributed by atoms with van der Waals surface area (Å²) in [5.74, 6) is -0.499. The SMILES string of the molecule is CN(C)C(=O)N[C@H]1CCN(c2cccc(Cl)c2C2=NOC(c3cccc(NC(=O)C(Cl)Cl)c3)C2)C1. The van der Waals surface area contributed by atoms with Crippen LogP contribution in [0.4, 0.5) is 16.2 Å². The number of carbonyl (C=O) groups excluding carboxylic acids is 2. The maximum absolute atomic E-state index is 12.1. The first-order valence-electron chi connectivity index (χ1n) is 11.2. The Morgan fingerprint density at radius 1 is 1.20 bits per heavy atom. The van der Waals surface area contributed by atoms with E-state index in [1.807, 2.05) is 36.4 Å². The van der Waals surface area contributed by atoms with Gasteiger partial charge in [0.15, 0.2) is 10.9 Å². The minimum atomic E-state index is -1.16. The summed E-state index contributed by atoms with van der Waals surface area (Å²) in [5, 5.41) is 10.7. The second-order valence-corrected chi connectivity index (χ2v) is 10.2. The number of halogens is 3. The Balaban J connectivity index is 1.49. The Morgan fingerprint density at radius 3 is 2.71 bits per heavy atom. The van der Waals surface area contributed by atoms with Gasteiger partial charge in [0.2, 0.25) is 0 Å². The highest BCUT2D eigenvalue weighted by molar-refractivity contribution is 6.54. The van der Waals surface area contributed by atoms with Crippen LogP contribution in [0.5, 0.6) is 0 Å². The molecule has 0 aliphatic carbocycles. The minimum Gasteiger partial charge on any atom is -0.387 e. The van der Waals surface area contributed by atoms with Crippen LogP contribution in [0.1, 0.15) is 30.1 Å². The summed E-state index contributed by atoms with van der Waals surface area (Å²) in [6, 6.07) is 13.0. The number of hydrogen-bond acceptors (Lipinski definition) is 5. The van der Waals surface area contributed by atoms with Crippen molar-refractivity contribution in [2.45, 2.75) is 29.8 Å².